The third-order valence-electron chi connectivity index (χ3n) is 3.36. The molecule has 6 nitrogen and oxygen atoms in total. The van der Waals surface area contributed by atoms with Gasteiger partial charge in [0.15, 0.2) is 0 Å². The van der Waals surface area contributed by atoms with Crippen molar-refractivity contribution < 1.29 is 9.63 Å². The number of aromatic nitrogens is 3. The van der Waals surface area contributed by atoms with Crippen molar-refractivity contribution in [3.8, 4) is 0 Å². The van der Waals surface area contributed by atoms with Crippen molar-refractivity contribution in [3.05, 3.63) is 65.4 Å². The van der Waals surface area contributed by atoms with Crippen molar-refractivity contribution in [1.82, 2.24) is 20.5 Å². The van der Waals surface area contributed by atoms with Gasteiger partial charge >= 0.3 is 5.97 Å². The molecule has 116 valence electrons. The molecule has 0 aliphatic rings. The van der Waals surface area contributed by atoms with Crippen LogP contribution in [-0.2, 0) is 4.84 Å². The molecule has 0 radical (unpaired) electrons. The smallest absolute Gasteiger partial charge is 0.338 e. The van der Waals surface area contributed by atoms with Crippen LogP contribution in [0.25, 0.3) is 17.2 Å². The number of para-hydroxylation sites is 1. The van der Waals surface area contributed by atoms with E-state index < -0.39 is 5.97 Å². The van der Waals surface area contributed by atoms with Crippen LogP contribution in [0.2, 0.25) is 0 Å². The van der Waals surface area contributed by atoms with E-state index >= 15 is 0 Å². The fourth-order valence-corrected chi connectivity index (χ4v) is 2.18. The molecule has 1 heterocycles. The first kappa shape index (κ1) is 14.8. The summed E-state index contributed by atoms with van der Waals surface area (Å²) in [4.78, 5) is 17.2. The Kier molecular flexibility index (Phi) is 4.05. The Balaban J connectivity index is 1.71. The zero-order valence-corrected chi connectivity index (χ0v) is 12.9. The Labute approximate surface area is 133 Å². The number of nitrogens with zero attached hydrogens (tertiary/aromatic N) is 3. The highest BCUT2D eigenvalue weighted by Gasteiger charge is 2.10. The summed E-state index contributed by atoms with van der Waals surface area (Å²) in [5, 5.41) is 8.10. The van der Waals surface area contributed by atoms with Gasteiger partial charge in [-0.25, -0.2) is 15.0 Å². The molecule has 0 unspecified atom stereocenters. The molecule has 0 spiro atoms. The lowest BCUT2D eigenvalue weighted by Gasteiger charge is -2.08. The van der Waals surface area contributed by atoms with Crippen molar-refractivity contribution in [1.29, 1.82) is 0 Å². The molecule has 2 aromatic carbocycles. The summed E-state index contributed by atoms with van der Waals surface area (Å²) in [6.45, 7) is 3.64. The lowest BCUT2D eigenvalue weighted by atomic mass is 10.1. The zero-order chi connectivity index (χ0) is 16.2. The van der Waals surface area contributed by atoms with Gasteiger partial charge in [-0.15, -0.1) is 5.10 Å². The molecule has 1 N–H and O–H groups in total. The predicted octanol–water partition coefficient (Wildman–Crippen LogP) is 2.92. The van der Waals surface area contributed by atoms with Crippen LogP contribution in [-0.4, -0.2) is 21.0 Å². The van der Waals surface area contributed by atoms with Crippen molar-refractivity contribution in [2.45, 2.75) is 13.8 Å². The number of benzene rings is 2. The van der Waals surface area contributed by atoms with Crippen LogP contribution in [0.5, 0.6) is 0 Å². The van der Waals surface area contributed by atoms with Crippen LogP contribution in [0.4, 0.5) is 0 Å². The summed E-state index contributed by atoms with van der Waals surface area (Å²) in [5.74, 6) is -0.431. The number of fused-ring (bicyclic) bond motifs is 1. The van der Waals surface area contributed by atoms with Crippen molar-refractivity contribution in [2.24, 2.45) is 0 Å². The molecule has 3 aromatic rings. The van der Waals surface area contributed by atoms with Crippen molar-refractivity contribution in [3.63, 3.8) is 0 Å². The van der Waals surface area contributed by atoms with Crippen LogP contribution >= 0.6 is 0 Å². The average Bonchev–Trinajstić information content (AvgIpc) is 2.96. The first-order valence-corrected chi connectivity index (χ1v) is 7.16. The molecule has 0 saturated carbocycles. The number of carbonyl (C=O) groups is 1. The van der Waals surface area contributed by atoms with Crippen molar-refractivity contribution in [2.75, 3.05) is 0 Å². The van der Waals surface area contributed by atoms with Crippen LogP contribution in [0, 0.1) is 6.92 Å². The highest BCUT2D eigenvalue weighted by molar-refractivity contribution is 5.90. The lowest BCUT2D eigenvalue weighted by Crippen LogP contribution is -2.19. The van der Waals surface area contributed by atoms with Gasteiger partial charge in [0.2, 0.25) is 0 Å². The summed E-state index contributed by atoms with van der Waals surface area (Å²) in [6, 6.07) is 14.9. The Morgan fingerprint density at radius 3 is 2.74 bits per heavy atom. The second kappa shape index (κ2) is 6.31. The quantitative estimate of drug-likeness (QED) is 0.751. The van der Waals surface area contributed by atoms with Crippen molar-refractivity contribution >= 4 is 23.2 Å². The molecular formula is C17H16N4O2. The Morgan fingerprint density at radius 2 is 1.91 bits per heavy atom. The highest BCUT2D eigenvalue weighted by Crippen LogP contribution is 2.11. The van der Waals surface area contributed by atoms with Gasteiger partial charge in [0.25, 0.3) is 0 Å². The first-order chi connectivity index (χ1) is 11.1. The summed E-state index contributed by atoms with van der Waals surface area (Å²) in [5.41, 5.74) is 6.33. The first-order valence-electron chi connectivity index (χ1n) is 7.16. The maximum absolute atomic E-state index is 12.0. The van der Waals surface area contributed by atoms with E-state index in [4.69, 9.17) is 4.84 Å². The van der Waals surface area contributed by atoms with Gasteiger partial charge in [-0.1, -0.05) is 35.5 Å². The standard InChI is InChI=1S/C17H16N4O2/c1-12-7-3-4-8-14(12)17(22)23-19-13(2)11-21-16-10-6-5-9-15(16)18-20-21/h3-11,19H,1-2H3/b13-11+. The Hall–Kier alpha value is -3.15. The molecule has 0 atom stereocenters. The van der Waals surface area contributed by atoms with Gasteiger partial charge < -0.3 is 4.84 Å². The minimum absolute atomic E-state index is 0.431. The number of hydroxylamine groups is 1. The molecule has 23 heavy (non-hydrogen) atoms. The van der Waals surface area contributed by atoms with E-state index in [2.05, 4.69) is 15.8 Å². The predicted molar refractivity (Wildman–Crippen MR) is 87.2 cm³/mol. The third kappa shape index (κ3) is 3.21. The number of hydrogen-bond acceptors (Lipinski definition) is 5. The number of carbonyl (C=O) groups excluding carboxylic acids is 1. The van der Waals surface area contributed by atoms with Gasteiger partial charge in [0, 0.05) is 0 Å². The maximum Gasteiger partial charge on any atom is 0.363 e. The second-order valence-electron chi connectivity index (χ2n) is 5.14. The number of allylic oxidation sites excluding steroid dienone is 1. The van der Waals surface area contributed by atoms with Crippen LogP contribution < -0.4 is 5.48 Å². The van der Waals surface area contributed by atoms with Gasteiger partial charge in [0.1, 0.15) is 5.52 Å². The summed E-state index contributed by atoms with van der Waals surface area (Å²) >= 11 is 0. The molecule has 3 rings (SSSR count). The monoisotopic (exact) mass is 308 g/mol. The SMILES string of the molecule is C/C(=C\n1nnc2ccccc21)NOC(=O)c1ccccc1C. The number of hydrogen-bond donors (Lipinski definition) is 1. The lowest BCUT2D eigenvalue weighted by molar-refractivity contribution is 0.0325. The molecule has 0 saturated heterocycles. The topological polar surface area (TPSA) is 69.0 Å². The Bertz CT molecular complexity index is 883. The maximum atomic E-state index is 12.0. The van der Waals surface area contributed by atoms with E-state index in [0.29, 0.717) is 11.3 Å². The van der Waals surface area contributed by atoms with E-state index in [9.17, 15) is 4.79 Å². The molecule has 0 amide bonds. The molecule has 0 aliphatic heterocycles. The van der Waals surface area contributed by atoms with Gasteiger partial charge in [-0.2, -0.15) is 0 Å². The third-order valence-corrected chi connectivity index (χ3v) is 3.36. The summed E-state index contributed by atoms with van der Waals surface area (Å²) in [6.07, 6.45) is 1.71. The number of rotatable bonds is 4. The van der Waals surface area contributed by atoms with E-state index in [0.717, 1.165) is 16.6 Å². The number of nitrogens with one attached hydrogen (secondary N) is 1. The van der Waals surface area contributed by atoms with Crippen LogP contribution in [0.1, 0.15) is 22.8 Å². The van der Waals surface area contributed by atoms with E-state index in [1.54, 1.807) is 29.9 Å². The van der Waals surface area contributed by atoms with E-state index in [1.165, 1.54) is 0 Å². The van der Waals surface area contributed by atoms with Crippen LogP contribution in [0.15, 0.2) is 54.2 Å². The normalized spacial score (nSPS) is 11.5. The van der Waals surface area contributed by atoms with Crippen LogP contribution in [0.3, 0.4) is 0 Å². The average molecular weight is 308 g/mol. The van der Waals surface area contributed by atoms with E-state index in [-0.39, 0.29) is 0 Å². The molecular weight excluding hydrogens is 292 g/mol. The minimum Gasteiger partial charge on any atom is -0.338 e. The number of aryl methyl sites for hydroxylation is 1. The Morgan fingerprint density at radius 1 is 1.17 bits per heavy atom. The molecule has 0 aliphatic carbocycles. The molecule has 6 heteroatoms. The summed E-state index contributed by atoms with van der Waals surface area (Å²) < 4.78 is 1.62. The fraction of sp³-hybridized carbons (Fsp3) is 0.118. The minimum atomic E-state index is -0.431. The zero-order valence-electron chi connectivity index (χ0n) is 12.9. The molecule has 0 fully saturated rings. The summed E-state index contributed by atoms with van der Waals surface area (Å²) in [7, 11) is 0. The second-order valence-corrected chi connectivity index (χ2v) is 5.14. The fourth-order valence-electron chi connectivity index (χ4n) is 2.18. The largest absolute Gasteiger partial charge is 0.363 e. The highest BCUT2D eigenvalue weighted by atomic mass is 16.7. The van der Waals surface area contributed by atoms with Gasteiger partial charge in [0.05, 0.1) is 23.0 Å². The molecule has 1 aromatic heterocycles. The van der Waals surface area contributed by atoms with E-state index in [1.807, 2.05) is 43.3 Å². The molecule has 0 bridgehead atoms. The van der Waals surface area contributed by atoms with Gasteiger partial charge in [-0.3, -0.25) is 0 Å². The van der Waals surface area contributed by atoms with Gasteiger partial charge in [-0.05, 0) is 37.6 Å².